The number of ether oxygens (including phenoxy) is 1. The summed E-state index contributed by atoms with van der Waals surface area (Å²) in [6.07, 6.45) is 6.59. The lowest BCUT2D eigenvalue weighted by atomic mass is 10.1. The highest BCUT2D eigenvalue weighted by Crippen LogP contribution is 2.34. The molecule has 3 aromatic heterocycles. The second-order valence-corrected chi connectivity index (χ2v) is 12.9. The van der Waals surface area contributed by atoms with Crippen LogP contribution in [0.5, 0.6) is 5.75 Å². The van der Waals surface area contributed by atoms with Gasteiger partial charge >= 0.3 is 0 Å². The quantitative estimate of drug-likeness (QED) is 0.0292. The number of nitrogens with zero attached hydrogens (tertiary/aromatic N) is 6. The predicted octanol–water partition coefficient (Wildman–Crippen LogP) is 5.33. The Morgan fingerprint density at radius 3 is 2.45 bits per heavy atom. The Morgan fingerprint density at radius 2 is 1.64 bits per heavy atom. The first kappa shape index (κ1) is 37.1. The van der Waals surface area contributed by atoms with E-state index in [0.29, 0.717) is 41.5 Å². The number of halogens is 1. The fourth-order valence-corrected chi connectivity index (χ4v) is 6.08. The van der Waals surface area contributed by atoms with Gasteiger partial charge in [0, 0.05) is 59.7 Å². The molecule has 6 N–H and O–H groups in total. The molecule has 53 heavy (non-hydrogen) atoms. The summed E-state index contributed by atoms with van der Waals surface area (Å²) in [6, 6.07) is 17.2. The van der Waals surface area contributed by atoms with E-state index in [1.807, 2.05) is 41.0 Å². The second kappa shape index (κ2) is 18.2. The van der Waals surface area contributed by atoms with Crippen LogP contribution in [-0.2, 0) is 6.54 Å². The SMILES string of the molecule is Nc1ncnc2c1ncn2CCNCCCNCCCNc1c2ccc(Cl)cc2nc2ccc(OCCCCNC(=O)c3ccc([N+](=O)[O-])cc3)cc12. The molecule has 0 saturated carbocycles. The van der Waals surface area contributed by atoms with E-state index in [9.17, 15) is 14.9 Å². The van der Waals surface area contributed by atoms with Crippen molar-refractivity contribution < 1.29 is 14.5 Å². The number of pyridine rings is 1. The number of benzene rings is 3. The minimum atomic E-state index is -0.492. The summed E-state index contributed by atoms with van der Waals surface area (Å²) in [5.74, 6) is 0.860. The van der Waals surface area contributed by atoms with Gasteiger partial charge in [-0.3, -0.25) is 14.9 Å². The lowest BCUT2D eigenvalue weighted by Crippen LogP contribution is -2.25. The fraction of sp³-hybridized carbons (Fsp3) is 0.324. The molecule has 0 saturated heterocycles. The van der Waals surface area contributed by atoms with Crippen LogP contribution < -0.4 is 31.7 Å². The van der Waals surface area contributed by atoms with E-state index < -0.39 is 4.92 Å². The molecule has 0 unspecified atom stereocenters. The molecule has 0 aliphatic heterocycles. The number of nitro groups is 1. The van der Waals surface area contributed by atoms with Crippen molar-refractivity contribution in [2.24, 2.45) is 0 Å². The summed E-state index contributed by atoms with van der Waals surface area (Å²) < 4.78 is 8.07. The number of nitro benzene ring substituents is 1. The third kappa shape index (κ3) is 9.83. The monoisotopic (exact) mass is 739 g/mol. The van der Waals surface area contributed by atoms with Gasteiger partial charge in [-0.15, -0.1) is 0 Å². The molecular weight excluding hydrogens is 698 g/mol. The van der Waals surface area contributed by atoms with Crippen molar-refractivity contribution in [1.29, 1.82) is 0 Å². The normalized spacial score (nSPS) is 11.3. The molecule has 15 nitrogen and oxygen atoms in total. The molecule has 0 fully saturated rings. The number of hydrogen-bond donors (Lipinski definition) is 5. The van der Waals surface area contributed by atoms with Crippen molar-refractivity contribution in [2.75, 3.05) is 56.9 Å². The van der Waals surface area contributed by atoms with Crippen LogP contribution in [0.2, 0.25) is 5.02 Å². The topological polar surface area (TPSA) is 200 Å². The maximum atomic E-state index is 12.4. The first-order valence-electron chi connectivity index (χ1n) is 17.6. The molecule has 276 valence electrons. The van der Waals surface area contributed by atoms with E-state index in [4.69, 9.17) is 27.1 Å². The third-order valence-corrected chi connectivity index (χ3v) is 8.91. The lowest BCUT2D eigenvalue weighted by molar-refractivity contribution is -0.384. The molecular formula is C37H42ClN11O4. The van der Waals surface area contributed by atoms with Gasteiger partial charge in [-0.1, -0.05) is 11.6 Å². The number of nitrogen functional groups attached to an aromatic ring is 1. The van der Waals surface area contributed by atoms with Gasteiger partial charge in [-0.25, -0.2) is 19.9 Å². The van der Waals surface area contributed by atoms with Gasteiger partial charge in [0.2, 0.25) is 0 Å². The number of anilines is 2. The number of carbonyl (C=O) groups is 1. The zero-order chi connectivity index (χ0) is 37.0. The largest absolute Gasteiger partial charge is 0.494 e. The molecule has 6 aromatic rings. The molecule has 3 aromatic carbocycles. The summed E-state index contributed by atoms with van der Waals surface area (Å²) in [5.41, 5.74) is 10.2. The molecule has 16 heteroatoms. The Balaban J connectivity index is 0.922. The summed E-state index contributed by atoms with van der Waals surface area (Å²) in [4.78, 5) is 40.1. The van der Waals surface area contributed by atoms with Crippen molar-refractivity contribution in [3.8, 4) is 5.75 Å². The van der Waals surface area contributed by atoms with Crippen molar-refractivity contribution in [1.82, 2.24) is 40.5 Å². The smallest absolute Gasteiger partial charge is 0.269 e. The molecule has 1 amide bonds. The summed E-state index contributed by atoms with van der Waals surface area (Å²) >= 11 is 6.32. The summed E-state index contributed by atoms with van der Waals surface area (Å²) in [6.45, 7) is 5.96. The Morgan fingerprint density at radius 1 is 0.849 bits per heavy atom. The molecule has 0 radical (unpaired) electrons. The van der Waals surface area contributed by atoms with Crippen LogP contribution in [0.3, 0.4) is 0 Å². The van der Waals surface area contributed by atoms with Gasteiger partial charge in [0.05, 0.1) is 34.6 Å². The molecule has 0 aliphatic carbocycles. The molecule has 0 bridgehead atoms. The number of carbonyl (C=O) groups excluding carboxylic acids is 1. The van der Waals surface area contributed by atoms with Gasteiger partial charge in [0.15, 0.2) is 11.5 Å². The van der Waals surface area contributed by atoms with Gasteiger partial charge < -0.3 is 36.3 Å². The van der Waals surface area contributed by atoms with Gasteiger partial charge in [0.25, 0.3) is 11.6 Å². The number of imidazole rings is 1. The van der Waals surface area contributed by atoms with E-state index in [2.05, 4.69) is 36.2 Å². The number of rotatable bonds is 20. The standard InChI is InChI=1S/C37H42ClN11O4/c38-26-7-11-29-32(21-26)47-31-12-10-28(53-20-2-1-16-43-37(50)25-5-8-27(9-6-25)49(51)52)22-30(31)33(29)42-17-4-15-40-13-3-14-41-18-19-48-24-46-34-35(39)44-23-45-36(34)48/h5-12,21-24,40-41H,1-4,13-20H2,(H,42,47)(H,43,50)(H2,39,44,45). The number of non-ortho nitro benzene ring substituents is 1. The van der Waals surface area contributed by atoms with Crippen molar-refractivity contribution in [3.05, 3.63) is 94.0 Å². The number of unbranched alkanes of at least 4 members (excludes halogenated alkanes) is 1. The van der Waals surface area contributed by atoms with Crippen LogP contribution in [0.25, 0.3) is 33.0 Å². The average molecular weight is 740 g/mol. The highest BCUT2D eigenvalue weighted by atomic mass is 35.5. The number of fused-ring (bicyclic) bond motifs is 3. The van der Waals surface area contributed by atoms with Gasteiger partial charge in [0.1, 0.15) is 17.6 Å². The average Bonchev–Trinajstić information content (AvgIpc) is 3.58. The molecule has 6 rings (SSSR count). The highest BCUT2D eigenvalue weighted by Gasteiger charge is 2.12. The summed E-state index contributed by atoms with van der Waals surface area (Å²) in [7, 11) is 0. The van der Waals surface area contributed by atoms with E-state index in [0.717, 1.165) is 97.4 Å². The molecule has 0 spiro atoms. The second-order valence-electron chi connectivity index (χ2n) is 12.4. The molecule has 0 aliphatic rings. The number of nitrogens with one attached hydrogen (secondary N) is 4. The zero-order valence-electron chi connectivity index (χ0n) is 29.2. The fourth-order valence-electron chi connectivity index (χ4n) is 5.91. The molecule has 3 heterocycles. The van der Waals surface area contributed by atoms with Crippen LogP contribution >= 0.6 is 11.6 Å². The Bertz CT molecular complexity index is 2180. The van der Waals surface area contributed by atoms with Crippen LogP contribution in [0.15, 0.2) is 73.3 Å². The van der Waals surface area contributed by atoms with E-state index in [-0.39, 0.29) is 11.6 Å². The Labute approximate surface area is 310 Å². The summed E-state index contributed by atoms with van der Waals surface area (Å²) in [5, 5.41) is 26.9. The molecule has 0 atom stereocenters. The van der Waals surface area contributed by atoms with Crippen molar-refractivity contribution >= 4 is 67.7 Å². The number of amides is 1. The van der Waals surface area contributed by atoms with E-state index in [1.165, 1.54) is 30.6 Å². The minimum Gasteiger partial charge on any atom is -0.494 e. The van der Waals surface area contributed by atoms with Crippen LogP contribution in [0.4, 0.5) is 17.2 Å². The third-order valence-electron chi connectivity index (χ3n) is 8.67. The number of hydrogen-bond acceptors (Lipinski definition) is 12. The zero-order valence-corrected chi connectivity index (χ0v) is 29.9. The van der Waals surface area contributed by atoms with Gasteiger partial charge in [-0.2, -0.15) is 0 Å². The van der Waals surface area contributed by atoms with Gasteiger partial charge in [-0.05, 0) is 93.8 Å². The van der Waals surface area contributed by atoms with Crippen LogP contribution in [0, 0.1) is 10.1 Å². The predicted molar refractivity (Wildman–Crippen MR) is 208 cm³/mol. The van der Waals surface area contributed by atoms with E-state index in [1.54, 1.807) is 6.33 Å². The van der Waals surface area contributed by atoms with Crippen molar-refractivity contribution in [2.45, 2.75) is 32.2 Å². The minimum absolute atomic E-state index is 0.0514. The maximum Gasteiger partial charge on any atom is 0.269 e. The first-order valence-corrected chi connectivity index (χ1v) is 18.0. The van der Waals surface area contributed by atoms with Crippen molar-refractivity contribution in [3.63, 3.8) is 0 Å². The Hall–Kier alpha value is -5.64. The van der Waals surface area contributed by atoms with E-state index >= 15 is 0 Å². The Kier molecular flexibility index (Phi) is 12.8. The first-order chi connectivity index (χ1) is 25.9. The van der Waals surface area contributed by atoms with Crippen LogP contribution in [0.1, 0.15) is 36.0 Å². The number of nitrogens with two attached hydrogens (primary N) is 1. The number of aromatic nitrogens is 5. The lowest BCUT2D eigenvalue weighted by Gasteiger charge is -2.15. The highest BCUT2D eigenvalue weighted by molar-refractivity contribution is 6.31. The van der Waals surface area contributed by atoms with Crippen LogP contribution in [-0.4, -0.2) is 81.2 Å². The maximum absolute atomic E-state index is 12.4.